The number of carbonyl (C=O) groups excluding carboxylic acids is 2. The zero-order valence-corrected chi connectivity index (χ0v) is 16.8. The summed E-state index contributed by atoms with van der Waals surface area (Å²) < 4.78 is 10.6. The van der Waals surface area contributed by atoms with Crippen molar-refractivity contribution >= 4 is 23.2 Å². The summed E-state index contributed by atoms with van der Waals surface area (Å²) in [4.78, 5) is 24.4. The predicted molar refractivity (Wildman–Crippen MR) is 115 cm³/mol. The summed E-state index contributed by atoms with van der Waals surface area (Å²) in [6.45, 7) is 7.02. The van der Waals surface area contributed by atoms with Crippen molar-refractivity contribution in [2.24, 2.45) is 0 Å². The number of nitrogens with one attached hydrogen (secondary N) is 3. The molecule has 7 heteroatoms. The van der Waals surface area contributed by atoms with Crippen LogP contribution in [0.25, 0.3) is 0 Å². The van der Waals surface area contributed by atoms with E-state index in [0.717, 1.165) is 11.3 Å². The van der Waals surface area contributed by atoms with Gasteiger partial charge in [0, 0.05) is 24.9 Å². The first kappa shape index (κ1) is 22.0. The third-order valence-corrected chi connectivity index (χ3v) is 3.80. The minimum atomic E-state index is -0.239. The smallest absolute Gasteiger partial charge is 0.251 e. The first-order valence-electron chi connectivity index (χ1n) is 9.26. The van der Waals surface area contributed by atoms with Crippen LogP contribution in [0.2, 0.25) is 0 Å². The first-order chi connectivity index (χ1) is 14.0. The van der Waals surface area contributed by atoms with Crippen LogP contribution in [-0.4, -0.2) is 45.2 Å². The molecule has 2 rings (SSSR count). The van der Waals surface area contributed by atoms with Gasteiger partial charge in [-0.1, -0.05) is 24.8 Å². The number of ether oxygens (including phenoxy) is 2. The second-order valence-corrected chi connectivity index (χ2v) is 6.47. The van der Waals surface area contributed by atoms with Crippen molar-refractivity contribution in [1.82, 2.24) is 5.32 Å². The van der Waals surface area contributed by atoms with Crippen molar-refractivity contribution in [2.75, 3.05) is 44.0 Å². The molecule has 0 saturated carbocycles. The van der Waals surface area contributed by atoms with Crippen molar-refractivity contribution in [1.29, 1.82) is 0 Å². The number of rotatable bonds is 11. The van der Waals surface area contributed by atoms with Crippen LogP contribution in [0.15, 0.2) is 60.7 Å². The van der Waals surface area contributed by atoms with Crippen molar-refractivity contribution in [3.63, 3.8) is 0 Å². The molecule has 0 aliphatic carbocycles. The van der Waals surface area contributed by atoms with Crippen LogP contribution in [0.3, 0.4) is 0 Å². The van der Waals surface area contributed by atoms with E-state index in [9.17, 15) is 9.59 Å². The summed E-state index contributed by atoms with van der Waals surface area (Å²) >= 11 is 0. The van der Waals surface area contributed by atoms with Crippen LogP contribution in [0, 0.1) is 0 Å². The minimum absolute atomic E-state index is 0.0533. The predicted octanol–water partition coefficient (Wildman–Crippen LogP) is 3.07. The highest BCUT2D eigenvalue weighted by molar-refractivity contribution is 5.98. The Hall–Kier alpha value is -3.32. The van der Waals surface area contributed by atoms with Crippen LogP contribution in [0.4, 0.5) is 11.4 Å². The first-order valence-corrected chi connectivity index (χ1v) is 9.26. The average Bonchev–Trinajstić information content (AvgIpc) is 2.71. The Kier molecular flexibility index (Phi) is 8.72. The number of hydrogen-bond donors (Lipinski definition) is 3. The molecule has 0 aliphatic rings. The number of carbonyl (C=O) groups is 2. The van der Waals surface area contributed by atoms with Gasteiger partial charge in [-0.2, -0.15) is 0 Å². The van der Waals surface area contributed by atoms with E-state index in [1.807, 2.05) is 31.2 Å². The van der Waals surface area contributed by atoms with E-state index in [-0.39, 0.29) is 18.4 Å². The lowest BCUT2D eigenvalue weighted by atomic mass is 10.2. The molecule has 0 unspecified atom stereocenters. The molecule has 29 heavy (non-hydrogen) atoms. The van der Waals surface area contributed by atoms with E-state index in [1.165, 1.54) is 0 Å². The lowest BCUT2D eigenvalue weighted by molar-refractivity contribution is -0.114. The number of benzene rings is 2. The maximum absolute atomic E-state index is 12.3. The Morgan fingerprint density at radius 3 is 2.66 bits per heavy atom. The Morgan fingerprint density at radius 1 is 1.10 bits per heavy atom. The van der Waals surface area contributed by atoms with E-state index >= 15 is 0 Å². The highest BCUT2D eigenvalue weighted by Crippen LogP contribution is 2.24. The molecule has 0 heterocycles. The number of para-hydroxylation sites is 2. The number of methoxy groups -OCH3 is 1. The third kappa shape index (κ3) is 7.67. The van der Waals surface area contributed by atoms with Crippen LogP contribution in [0.1, 0.15) is 17.3 Å². The Balaban J connectivity index is 1.91. The maximum atomic E-state index is 12.3. The molecular weight excluding hydrogens is 370 g/mol. The van der Waals surface area contributed by atoms with Gasteiger partial charge in [0.15, 0.2) is 0 Å². The van der Waals surface area contributed by atoms with E-state index in [1.54, 1.807) is 31.4 Å². The highest BCUT2D eigenvalue weighted by Gasteiger charge is 2.09. The molecule has 2 aromatic rings. The van der Waals surface area contributed by atoms with Crippen LogP contribution in [-0.2, 0) is 9.53 Å². The molecule has 2 aromatic carbocycles. The summed E-state index contributed by atoms with van der Waals surface area (Å²) in [6, 6.07) is 14.2. The molecule has 0 bridgehead atoms. The molecule has 7 nitrogen and oxygen atoms in total. The largest absolute Gasteiger partial charge is 0.487 e. The quantitative estimate of drug-likeness (QED) is 0.401. The lowest BCUT2D eigenvalue weighted by Crippen LogP contribution is -2.27. The van der Waals surface area contributed by atoms with Gasteiger partial charge in [0.1, 0.15) is 12.4 Å². The number of hydrogen-bond acceptors (Lipinski definition) is 5. The van der Waals surface area contributed by atoms with Gasteiger partial charge in [-0.05, 0) is 42.8 Å². The average molecular weight is 397 g/mol. The fraction of sp³-hybridized carbons (Fsp3) is 0.273. The molecule has 0 spiro atoms. The minimum Gasteiger partial charge on any atom is -0.487 e. The molecule has 0 aromatic heterocycles. The van der Waals surface area contributed by atoms with Crippen molar-refractivity contribution < 1.29 is 19.1 Å². The Labute approximate surface area is 171 Å². The molecule has 154 valence electrons. The monoisotopic (exact) mass is 397 g/mol. The summed E-state index contributed by atoms with van der Waals surface area (Å²) in [5.74, 6) is 0.189. The fourth-order valence-corrected chi connectivity index (χ4v) is 2.43. The van der Waals surface area contributed by atoms with E-state index in [0.29, 0.717) is 36.8 Å². The molecule has 0 atom stereocenters. The summed E-state index contributed by atoms with van der Waals surface area (Å²) in [5.41, 5.74) is 2.63. The molecular formula is C22H27N3O4. The van der Waals surface area contributed by atoms with Crippen LogP contribution < -0.4 is 20.7 Å². The van der Waals surface area contributed by atoms with Gasteiger partial charge in [-0.15, -0.1) is 0 Å². The van der Waals surface area contributed by atoms with Gasteiger partial charge < -0.3 is 25.4 Å². The van der Waals surface area contributed by atoms with Crippen molar-refractivity contribution in [3.8, 4) is 5.75 Å². The van der Waals surface area contributed by atoms with Crippen molar-refractivity contribution in [2.45, 2.75) is 6.92 Å². The van der Waals surface area contributed by atoms with E-state index in [4.69, 9.17) is 9.47 Å². The van der Waals surface area contributed by atoms with Crippen molar-refractivity contribution in [3.05, 3.63) is 66.2 Å². The second-order valence-electron chi connectivity index (χ2n) is 6.47. The molecule has 0 radical (unpaired) electrons. The van der Waals surface area contributed by atoms with Crippen LogP contribution >= 0.6 is 0 Å². The molecule has 0 aliphatic heterocycles. The van der Waals surface area contributed by atoms with Gasteiger partial charge >= 0.3 is 0 Å². The number of anilines is 2. The molecule has 0 saturated heterocycles. The van der Waals surface area contributed by atoms with Gasteiger partial charge in [0.25, 0.3) is 5.91 Å². The second kappa shape index (κ2) is 11.5. The zero-order valence-electron chi connectivity index (χ0n) is 16.8. The highest BCUT2D eigenvalue weighted by atomic mass is 16.5. The normalized spacial score (nSPS) is 10.1. The van der Waals surface area contributed by atoms with Gasteiger partial charge in [0.2, 0.25) is 5.91 Å². The van der Waals surface area contributed by atoms with Gasteiger partial charge in [0.05, 0.1) is 18.8 Å². The van der Waals surface area contributed by atoms with E-state index in [2.05, 4.69) is 22.5 Å². The SMILES string of the molecule is C=C(C)COc1ccccc1NCC(=O)Nc1cccc(C(=O)NCCOC)c1. The Bertz CT molecular complexity index is 851. The van der Waals surface area contributed by atoms with Crippen LogP contribution in [0.5, 0.6) is 5.75 Å². The zero-order chi connectivity index (χ0) is 21.1. The standard InChI is InChI=1S/C22H27N3O4/c1-16(2)15-29-20-10-5-4-9-19(20)24-14-21(26)25-18-8-6-7-17(13-18)22(27)23-11-12-28-3/h4-10,13,24H,1,11-12,14-15H2,2-3H3,(H,23,27)(H,25,26). The lowest BCUT2D eigenvalue weighted by Gasteiger charge is -2.13. The van der Waals surface area contributed by atoms with Gasteiger partial charge in [-0.25, -0.2) is 0 Å². The molecule has 2 amide bonds. The summed E-state index contributed by atoms with van der Waals surface area (Å²) in [6.07, 6.45) is 0. The fourth-order valence-electron chi connectivity index (χ4n) is 2.43. The summed E-state index contributed by atoms with van der Waals surface area (Å²) in [5, 5.41) is 8.60. The maximum Gasteiger partial charge on any atom is 0.251 e. The molecule has 0 fully saturated rings. The van der Waals surface area contributed by atoms with E-state index < -0.39 is 0 Å². The molecule has 3 N–H and O–H groups in total. The van der Waals surface area contributed by atoms with Gasteiger partial charge in [-0.3, -0.25) is 9.59 Å². The number of amides is 2. The third-order valence-electron chi connectivity index (χ3n) is 3.80. The Morgan fingerprint density at radius 2 is 1.90 bits per heavy atom. The summed E-state index contributed by atoms with van der Waals surface area (Å²) in [7, 11) is 1.57. The topological polar surface area (TPSA) is 88.7 Å².